The van der Waals surface area contributed by atoms with Crippen LogP contribution in [0.4, 0.5) is 28.0 Å². The van der Waals surface area contributed by atoms with Crippen LogP contribution >= 0.6 is 0 Å². The minimum atomic E-state index is -4.75. The van der Waals surface area contributed by atoms with E-state index in [1.54, 1.807) is 42.8 Å². The molecule has 216 valence electrons. The van der Waals surface area contributed by atoms with Gasteiger partial charge in [0, 0.05) is 30.4 Å². The van der Waals surface area contributed by atoms with Gasteiger partial charge in [-0.05, 0) is 80.0 Å². The van der Waals surface area contributed by atoms with E-state index in [1.165, 1.54) is 22.2 Å². The van der Waals surface area contributed by atoms with Crippen LogP contribution in [-0.4, -0.2) is 48.5 Å². The number of aromatic nitrogens is 3. The molecule has 0 bridgehead atoms. The highest BCUT2D eigenvalue weighted by Crippen LogP contribution is 2.50. The fourth-order valence-electron chi connectivity index (χ4n) is 6.58. The van der Waals surface area contributed by atoms with Gasteiger partial charge in [-0.2, -0.15) is 13.2 Å². The van der Waals surface area contributed by atoms with Crippen LogP contribution in [0.2, 0.25) is 0 Å². The number of carboxylic acid groups (broad SMARTS) is 1. The molecular formula is C29H29F4N5O3. The van der Waals surface area contributed by atoms with Gasteiger partial charge >= 0.3 is 12.3 Å². The Kier molecular flexibility index (Phi) is 6.16. The molecule has 3 aromatic rings. The molecule has 41 heavy (non-hydrogen) atoms. The lowest BCUT2D eigenvalue weighted by atomic mass is 9.62. The van der Waals surface area contributed by atoms with Gasteiger partial charge in [0.25, 0.3) is 5.91 Å². The Morgan fingerprint density at radius 1 is 1.20 bits per heavy atom. The smallest absolute Gasteiger partial charge is 0.416 e. The average Bonchev–Trinajstić information content (AvgIpc) is 3.46. The molecule has 2 amide bonds. The molecule has 1 aliphatic heterocycles. The molecule has 2 saturated carbocycles. The number of hydrogen-bond donors (Lipinski definition) is 1. The Morgan fingerprint density at radius 3 is 2.49 bits per heavy atom. The van der Waals surface area contributed by atoms with Gasteiger partial charge in [-0.1, -0.05) is 12.1 Å². The molecule has 12 heteroatoms. The number of alkyl halides is 4. The third-order valence-electron chi connectivity index (χ3n) is 9.05. The van der Waals surface area contributed by atoms with E-state index in [1.807, 2.05) is 0 Å². The summed E-state index contributed by atoms with van der Waals surface area (Å²) in [6.07, 6.45) is -3.02. The fourth-order valence-corrected chi connectivity index (χ4v) is 6.58. The average molecular weight is 572 g/mol. The lowest BCUT2D eigenvalue weighted by Gasteiger charge is -2.46. The first-order chi connectivity index (χ1) is 19.3. The molecular weight excluding hydrogens is 542 g/mol. The highest BCUT2D eigenvalue weighted by molar-refractivity contribution is 6.10. The maximum absolute atomic E-state index is 14.3. The monoisotopic (exact) mass is 571 g/mol. The van der Waals surface area contributed by atoms with Crippen LogP contribution in [0.1, 0.15) is 77.5 Å². The van der Waals surface area contributed by atoms with Crippen molar-refractivity contribution < 1.29 is 32.3 Å². The van der Waals surface area contributed by atoms with Crippen LogP contribution in [-0.2, 0) is 31.7 Å². The van der Waals surface area contributed by atoms with Gasteiger partial charge in [0.05, 0.1) is 17.5 Å². The predicted octanol–water partition coefficient (Wildman–Crippen LogP) is 5.83. The number of amides is 2. The fraction of sp³-hybridized carbons (Fsp3) is 0.448. The van der Waals surface area contributed by atoms with Gasteiger partial charge in [0.15, 0.2) is 0 Å². The maximum atomic E-state index is 14.3. The van der Waals surface area contributed by atoms with E-state index in [4.69, 9.17) is 0 Å². The number of nitrogens with zero attached hydrogens (tertiary/aromatic N) is 5. The molecule has 0 saturated heterocycles. The summed E-state index contributed by atoms with van der Waals surface area (Å²) in [6, 6.07) is 9.20. The van der Waals surface area contributed by atoms with Crippen molar-refractivity contribution in [2.45, 2.75) is 75.4 Å². The van der Waals surface area contributed by atoms with Gasteiger partial charge in [-0.3, -0.25) is 9.69 Å². The second kappa shape index (κ2) is 9.28. The molecule has 0 unspecified atom stereocenters. The van der Waals surface area contributed by atoms with Gasteiger partial charge in [0.1, 0.15) is 18.3 Å². The number of carbonyl (C=O) groups excluding carboxylic acids is 1. The Balaban J connectivity index is 1.37. The topological polar surface area (TPSA) is 91.6 Å². The van der Waals surface area contributed by atoms with Crippen LogP contribution in [0.3, 0.4) is 0 Å². The van der Waals surface area contributed by atoms with E-state index in [0.717, 1.165) is 12.5 Å². The Labute approximate surface area is 233 Å². The number of anilines is 1. The van der Waals surface area contributed by atoms with Crippen molar-refractivity contribution in [1.29, 1.82) is 0 Å². The van der Waals surface area contributed by atoms with Crippen LogP contribution in [0.25, 0.3) is 0 Å². The summed E-state index contributed by atoms with van der Waals surface area (Å²) in [6.45, 7) is 1.23. The van der Waals surface area contributed by atoms with Gasteiger partial charge < -0.3 is 14.6 Å². The number of aryl methyl sites for hydroxylation is 1. The van der Waals surface area contributed by atoms with E-state index in [-0.39, 0.29) is 42.6 Å². The molecule has 3 aliphatic rings. The van der Waals surface area contributed by atoms with Crippen LogP contribution in [0.5, 0.6) is 0 Å². The molecule has 2 aliphatic carbocycles. The van der Waals surface area contributed by atoms with E-state index in [0.29, 0.717) is 29.9 Å². The maximum Gasteiger partial charge on any atom is 0.416 e. The normalized spacial score (nSPS) is 23.1. The van der Waals surface area contributed by atoms with Gasteiger partial charge in [0.2, 0.25) is 0 Å². The minimum absolute atomic E-state index is 0.0974. The predicted molar refractivity (Wildman–Crippen MR) is 140 cm³/mol. The van der Waals surface area contributed by atoms with Crippen LogP contribution in [0, 0.1) is 0 Å². The molecule has 1 aromatic heterocycles. The van der Waals surface area contributed by atoms with Crippen molar-refractivity contribution in [2.24, 2.45) is 7.05 Å². The van der Waals surface area contributed by atoms with Crippen molar-refractivity contribution in [2.75, 3.05) is 4.90 Å². The number of benzene rings is 2. The van der Waals surface area contributed by atoms with Crippen LogP contribution < -0.4 is 4.90 Å². The van der Waals surface area contributed by atoms with Crippen molar-refractivity contribution in [3.63, 3.8) is 0 Å². The molecule has 2 heterocycles. The van der Waals surface area contributed by atoms with Crippen molar-refractivity contribution in [3.8, 4) is 0 Å². The summed E-state index contributed by atoms with van der Waals surface area (Å²) in [5.41, 5.74) is -1.42. The summed E-state index contributed by atoms with van der Waals surface area (Å²) in [5.74, 6) is -0.0300. The van der Waals surface area contributed by atoms with Gasteiger partial charge in [-0.25, -0.2) is 9.18 Å². The first-order valence-corrected chi connectivity index (χ1v) is 13.5. The molecule has 0 atom stereocenters. The van der Waals surface area contributed by atoms with E-state index in [9.17, 15) is 32.3 Å². The van der Waals surface area contributed by atoms with E-state index < -0.39 is 40.9 Å². The third kappa shape index (κ3) is 4.34. The zero-order chi connectivity index (χ0) is 29.3. The Morgan fingerprint density at radius 2 is 1.93 bits per heavy atom. The van der Waals surface area contributed by atoms with E-state index in [2.05, 4.69) is 10.2 Å². The number of fused-ring (bicyclic) bond motifs is 1. The molecule has 0 spiro atoms. The number of hydrogen-bond acceptors (Lipinski definition) is 4. The number of halogens is 4. The quantitative estimate of drug-likeness (QED) is 0.376. The Bertz CT molecular complexity index is 1540. The molecule has 8 nitrogen and oxygen atoms in total. The van der Waals surface area contributed by atoms with Crippen molar-refractivity contribution >= 4 is 17.7 Å². The zero-order valence-corrected chi connectivity index (χ0v) is 22.6. The minimum Gasteiger partial charge on any atom is -0.465 e. The van der Waals surface area contributed by atoms with Crippen LogP contribution in [0.15, 0.2) is 42.7 Å². The van der Waals surface area contributed by atoms with Gasteiger partial charge in [-0.15, -0.1) is 10.2 Å². The lowest BCUT2D eigenvalue weighted by molar-refractivity contribution is -0.138. The Hall–Kier alpha value is -3.96. The SMILES string of the molecule is Cn1cnnc1C1(c2cccc(N3Cc4c(cc(CN(C(=O)O)C5(C)CCC5)cc4C(F)(F)F)C3=O)c2)CC(F)C1. The summed E-state index contributed by atoms with van der Waals surface area (Å²) in [4.78, 5) is 28.1. The molecule has 6 rings (SSSR count). The summed E-state index contributed by atoms with van der Waals surface area (Å²) in [7, 11) is 1.76. The molecule has 2 aromatic carbocycles. The highest BCUT2D eigenvalue weighted by Gasteiger charge is 2.51. The highest BCUT2D eigenvalue weighted by atomic mass is 19.4. The second-order valence-corrected chi connectivity index (χ2v) is 11.7. The number of carbonyl (C=O) groups is 2. The second-order valence-electron chi connectivity index (χ2n) is 11.7. The largest absolute Gasteiger partial charge is 0.465 e. The molecule has 2 fully saturated rings. The van der Waals surface area contributed by atoms with Crippen molar-refractivity contribution in [1.82, 2.24) is 19.7 Å². The molecule has 0 radical (unpaired) electrons. The van der Waals surface area contributed by atoms with E-state index >= 15 is 0 Å². The van der Waals surface area contributed by atoms with Crippen molar-refractivity contribution in [3.05, 3.63) is 76.4 Å². The molecule has 1 N–H and O–H groups in total. The summed E-state index contributed by atoms with van der Waals surface area (Å²) < 4.78 is 58.8. The number of rotatable bonds is 6. The standard InChI is InChI=1S/C29H29F4N5O3/c1-27(7-4-8-27)38(26(40)41)14-17-9-21-22(23(10-17)29(31,32)33)15-37(24(21)39)20-6-3-5-18(11-20)28(12-19(30)13-28)25-35-34-16-36(25)2/h3,5-6,9-11,16,19H,4,7-8,12-15H2,1-2H3,(H,40,41). The first kappa shape index (κ1) is 27.2. The summed E-state index contributed by atoms with van der Waals surface area (Å²) in [5, 5.41) is 18.0. The third-order valence-corrected chi connectivity index (χ3v) is 9.05. The lowest BCUT2D eigenvalue weighted by Crippen LogP contribution is -2.53. The summed E-state index contributed by atoms with van der Waals surface area (Å²) >= 11 is 0. The zero-order valence-electron chi connectivity index (χ0n) is 22.6. The first-order valence-electron chi connectivity index (χ1n) is 13.5.